The van der Waals surface area contributed by atoms with Gasteiger partial charge in [0.05, 0.1) is 41.8 Å². The third kappa shape index (κ3) is 10.9. The van der Waals surface area contributed by atoms with Gasteiger partial charge in [-0.2, -0.15) is 0 Å². The lowest BCUT2D eigenvalue weighted by Crippen LogP contribution is -2.54. The van der Waals surface area contributed by atoms with E-state index in [1.165, 1.54) is 24.5 Å². The lowest BCUT2D eigenvalue weighted by atomic mass is 10.0. The fraction of sp³-hybridized carbons (Fsp3) is 0.341. The molecule has 304 valence electrons. The van der Waals surface area contributed by atoms with Crippen LogP contribution in [0.2, 0.25) is 5.02 Å². The van der Waals surface area contributed by atoms with E-state index in [0.29, 0.717) is 66.8 Å². The van der Waals surface area contributed by atoms with Gasteiger partial charge in [-0.1, -0.05) is 35.9 Å². The van der Waals surface area contributed by atoms with Crippen molar-refractivity contribution in [2.24, 2.45) is 0 Å². The maximum absolute atomic E-state index is 13.5. The number of benzene rings is 3. The van der Waals surface area contributed by atoms with Crippen molar-refractivity contribution in [3.8, 4) is 11.5 Å². The van der Waals surface area contributed by atoms with Gasteiger partial charge in [0.15, 0.2) is 11.5 Å². The van der Waals surface area contributed by atoms with E-state index in [-0.39, 0.29) is 47.4 Å². The largest absolute Gasteiger partial charge is 0.493 e. The van der Waals surface area contributed by atoms with Crippen molar-refractivity contribution in [3.63, 3.8) is 0 Å². The van der Waals surface area contributed by atoms with Crippen molar-refractivity contribution in [1.29, 1.82) is 0 Å². The zero-order chi connectivity index (χ0) is 41.5. The third-order valence-electron chi connectivity index (χ3n) is 9.20. The minimum Gasteiger partial charge on any atom is -0.493 e. The Labute approximate surface area is 339 Å². The second-order valence-corrected chi connectivity index (χ2v) is 15.2. The number of nitrogens with zero attached hydrogens (tertiary/aromatic N) is 6. The number of para-hydroxylation sites is 1. The van der Waals surface area contributed by atoms with Gasteiger partial charge in [0.2, 0.25) is 11.9 Å². The minimum absolute atomic E-state index is 0.00817. The van der Waals surface area contributed by atoms with Crippen LogP contribution in [0.4, 0.5) is 21.8 Å². The highest BCUT2D eigenvalue weighted by molar-refractivity contribution is 6.31. The first-order valence-corrected chi connectivity index (χ1v) is 18.8. The van der Waals surface area contributed by atoms with E-state index in [2.05, 4.69) is 30.6 Å². The predicted octanol–water partition coefficient (Wildman–Crippen LogP) is 5.95. The quantitative estimate of drug-likeness (QED) is 0.118. The van der Waals surface area contributed by atoms with Crippen LogP contribution in [0.1, 0.15) is 27.7 Å². The number of hydrogen-bond acceptors (Lipinski definition) is 14. The molecule has 17 heteroatoms. The number of morpholine rings is 2. The van der Waals surface area contributed by atoms with Crippen LogP contribution in [0, 0.1) is 5.82 Å². The van der Waals surface area contributed by atoms with Crippen molar-refractivity contribution in [1.82, 2.24) is 29.7 Å². The fourth-order valence-corrected chi connectivity index (χ4v) is 6.47. The fourth-order valence-electron chi connectivity index (χ4n) is 6.29. The molecule has 5 aromatic rings. The average Bonchev–Trinajstić information content (AvgIpc) is 3.17. The number of cyclic esters (lactones) is 2. The zero-order valence-electron chi connectivity index (χ0n) is 32.8. The van der Waals surface area contributed by atoms with Gasteiger partial charge in [0.25, 0.3) is 0 Å². The lowest BCUT2D eigenvalue weighted by molar-refractivity contribution is -0.169. The molecular formula is C41H44ClFN8O7. The van der Waals surface area contributed by atoms with E-state index in [1.54, 1.807) is 37.6 Å². The van der Waals surface area contributed by atoms with Crippen LogP contribution < -0.4 is 20.1 Å². The van der Waals surface area contributed by atoms with Crippen molar-refractivity contribution in [3.05, 3.63) is 90.1 Å². The zero-order valence-corrected chi connectivity index (χ0v) is 33.5. The van der Waals surface area contributed by atoms with Crippen LogP contribution in [0.5, 0.6) is 11.5 Å². The maximum atomic E-state index is 13.5. The van der Waals surface area contributed by atoms with Crippen LogP contribution in [0.25, 0.3) is 21.8 Å². The number of carbonyl (C=O) groups is 3. The molecule has 2 fully saturated rings. The Morgan fingerprint density at radius 1 is 1.00 bits per heavy atom. The van der Waals surface area contributed by atoms with Crippen molar-refractivity contribution >= 4 is 68.7 Å². The van der Waals surface area contributed by atoms with E-state index < -0.39 is 11.4 Å². The first-order chi connectivity index (χ1) is 27.7. The van der Waals surface area contributed by atoms with E-state index in [4.69, 9.17) is 30.5 Å². The molecule has 58 heavy (non-hydrogen) atoms. The summed E-state index contributed by atoms with van der Waals surface area (Å²) in [7, 11) is 1.55. The maximum Gasteiger partial charge on any atom is 0.320 e. The van der Waals surface area contributed by atoms with Crippen molar-refractivity contribution in [2.45, 2.75) is 38.8 Å². The summed E-state index contributed by atoms with van der Waals surface area (Å²) < 4.78 is 35.4. The van der Waals surface area contributed by atoms with Crippen molar-refractivity contribution in [2.75, 3.05) is 63.7 Å². The molecule has 0 radical (unpaired) electrons. The van der Waals surface area contributed by atoms with Gasteiger partial charge in [-0.15, -0.1) is 0 Å². The Hall–Kier alpha value is -5.97. The number of nitrogens with one attached hydrogen (secondary N) is 2. The van der Waals surface area contributed by atoms with E-state index >= 15 is 0 Å². The molecule has 0 saturated carbocycles. The van der Waals surface area contributed by atoms with Gasteiger partial charge >= 0.3 is 11.9 Å². The molecule has 0 aliphatic carbocycles. The highest BCUT2D eigenvalue weighted by atomic mass is 35.5. The molecule has 3 aromatic carbocycles. The van der Waals surface area contributed by atoms with Crippen LogP contribution in [-0.2, 0) is 23.9 Å². The molecule has 1 amide bonds. The van der Waals surface area contributed by atoms with Gasteiger partial charge in [-0.3, -0.25) is 29.5 Å². The first kappa shape index (κ1) is 41.7. The van der Waals surface area contributed by atoms with E-state index in [0.717, 1.165) is 10.9 Å². The number of methoxy groups -OCH3 is 1. The lowest BCUT2D eigenvalue weighted by Gasteiger charge is -2.40. The molecule has 7 rings (SSSR count). The second-order valence-electron chi connectivity index (χ2n) is 14.8. The number of carbonyl (C=O) groups excluding carboxylic acids is 3. The summed E-state index contributed by atoms with van der Waals surface area (Å²) in [5, 5.41) is 7.40. The number of anilines is 3. The van der Waals surface area contributed by atoms with Gasteiger partial charge in [-0.05, 0) is 58.0 Å². The highest BCUT2D eigenvalue weighted by Crippen LogP contribution is 2.35. The minimum atomic E-state index is -0.531. The molecule has 15 nitrogen and oxygen atoms in total. The Morgan fingerprint density at radius 2 is 1.81 bits per heavy atom. The van der Waals surface area contributed by atoms with Gasteiger partial charge in [0, 0.05) is 54.4 Å². The molecule has 2 aliphatic rings. The summed E-state index contributed by atoms with van der Waals surface area (Å²) in [5.41, 5.74) is 1.21. The molecule has 0 spiro atoms. The van der Waals surface area contributed by atoms with Crippen molar-refractivity contribution < 1.29 is 37.7 Å². The van der Waals surface area contributed by atoms with Gasteiger partial charge < -0.3 is 24.3 Å². The average molecular weight is 815 g/mol. The molecule has 0 atom stereocenters. The van der Waals surface area contributed by atoms with Crippen LogP contribution in [0.3, 0.4) is 0 Å². The Morgan fingerprint density at radius 3 is 2.59 bits per heavy atom. The number of fused-ring (bicyclic) bond motifs is 2. The molecular weight excluding hydrogens is 771 g/mol. The molecule has 4 heterocycles. The summed E-state index contributed by atoms with van der Waals surface area (Å²) in [5.74, 6) is 0.498. The SMILES string of the molecule is CC1(C)COC(=O)CN1CC=CC(=O)Nc1ncc2ccccc2n1.COc1cc2ncnc(Nc3ccc(F)c(Cl)c3)c2cc1OCCN1CC(=O)OC(C)(C)C1. The Kier molecular flexibility index (Phi) is 13.0. The third-order valence-corrected chi connectivity index (χ3v) is 9.49. The Bertz CT molecular complexity index is 2340. The summed E-state index contributed by atoms with van der Waals surface area (Å²) >= 11 is 5.89. The van der Waals surface area contributed by atoms with Crippen LogP contribution >= 0.6 is 11.6 Å². The standard InChI is InChI=1S/C23H24ClFN4O4.C18H20N4O3/c1-23(2)12-29(11-21(30)33-23)6-7-32-20-9-15-18(10-19(20)31-3)26-13-27-22(15)28-14-4-5-17(25)16(24)8-14;1-18(2)12-25-16(24)11-22(18)9-5-8-15(23)21-17-19-10-13-6-3-4-7-14(13)20-17/h4-5,8-10,13H,6-7,11-12H2,1-3H3,(H,26,27,28);3-8,10H,9,11-12H2,1-2H3,(H,19,20,21,23). The predicted molar refractivity (Wildman–Crippen MR) is 217 cm³/mol. The van der Waals surface area contributed by atoms with Gasteiger partial charge in [-0.25, -0.2) is 24.3 Å². The molecule has 0 unspecified atom stereocenters. The summed E-state index contributed by atoms with van der Waals surface area (Å²) in [4.78, 5) is 56.3. The summed E-state index contributed by atoms with van der Waals surface area (Å²) in [6.07, 6.45) is 6.24. The number of amides is 1. The highest BCUT2D eigenvalue weighted by Gasteiger charge is 2.34. The number of rotatable bonds is 11. The summed E-state index contributed by atoms with van der Waals surface area (Å²) in [6, 6.07) is 15.4. The number of esters is 2. The molecule has 2 aromatic heterocycles. The normalized spacial score (nSPS) is 16.6. The number of halogens is 2. The number of ether oxygens (including phenoxy) is 4. The molecule has 2 N–H and O–H groups in total. The first-order valence-electron chi connectivity index (χ1n) is 18.4. The van der Waals surface area contributed by atoms with E-state index in [1.807, 2.05) is 61.8 Å². The van der Waals surface area contributed by atoms with Gasteiger partial charge in [0.1, 0.15) is 36.8 Å². The second kappa shape index (κ2) is 18.1. The van der Waals surface area contributed by atoms with E-state index in [9.17, 15) is 18.8 Å². The molecule has 2 aliphatic heterocycles. The topological polar surface area (TPSA) is 170 Å². The molecule has 2 saturated heterocycles. The number of hydrogen-bond donors (Lipinski definition) is 2. The Balaban J connectivity index is 0.000000203. The monoisotopic (exact) mass is 814 g/mol. The van der Waals surface area contributed by atoms with Crippen LogP contribution in [-0.4, -0.2) is 112 Å². The number of aromatic nitrogens is 4. The van der Waals surface area contributed by atoms with Crippen LogP contribution in [0.15, 0.2) is 79.3 Å². The smallest absolute Gasteiger partial charge is 0.320 e. The summed E-state index contributed by atoms with van der Waals surface area (Å²) in [6.45, 7) is 10.5. The molecule has 0 bridgehead atoms.